The lowest BCUT2D eigenvalue weighted by molar-refractivity contribution is -0.127. The molecule has 1 heterocycles. The number of carbonyl (C=O) groups is 1. The van der Waals surface area contributed by atoms with Gasteiger partial charge >= 0.3 is 0 Å². The van der Waals surface area contributed by atoms with Gasteiger partial charge in [0.25, 0.3) is 5.91 Å². The largest absolute Gasteiger partial charge is 0.481 e. The Balaban J connectivity index is 1.96. The highest BCUT2D eigenvalue weighted by Gasteiger charge is 2.19. The Labute approximate surface area is 124 Å². The van der Waals surface area contributed by atoms with Gasteiger partial charge in [-0.05, 0) is 32.9 Å². The maximum Gasteiger partial charge on any atom is 0.261 e. The fourth-order valence-corrected chi connectivity index (χ4v) is 2.11. The first-order chi connectivity index (χ1) is 9.99. The molecule has 0 unspecified atom stereocenters. The van der Waals surface area contributed by atoms with E-state index in [0.717, 1.165) is 11.3 Å². The predicted molar refractivity (Wildman–Crippen MR) is 81.0 cm³/mol. The fourth-order valence-electron chi connectivity index (χ4n) is 2.11. The second kappa shape index (κ2) is 6.43. The van der Waals surface area contributed by atoms with Gasteiger partial charge in [-0.25, -0.2) is 0 Å². The highest BCUT2D eigenvalue weighted by Crippen LogP contribution is 2.17. The van der Waals surface area contributed by atoms with E-state index in [1.807, 2.05) is 51.2 Å². The predicted octanol–water partition coefficient (Wildman–Crippen LogP) is 2.37. The molecule has 2 aromatic rings. The van der Waals surface area contributed by atoms with E-state index in [2.05, 4.69) is 10.4 Å². The SMILES string of the molecule is Cc1c([C@@H](C)NC(=O)[C@H](C)Oc2ccccc2)cnn1C. The zero-order chi connectivity index (χ0) is 15.4. The van der Waals surface area contributed by atoms with Crippen LogP contribution in [-0.2, 0) is 11.8 Å². The van der Waals surface area contributed by atoms with Crippen LogP contribution in [-0.4, -0.2) is 21.8 Å². The number of benzene rings is 1. The molecule has 21 heavy (non-hydrogen) atoms. The van der Waals surface area contributed by atoms with Crippen LogP contribution >= 0.6 is 0 Å². The number of para-hydroxylation sites is 1. The number of ether oxygens (including phenoxy) is 1. The van der Waals surface area contributed by atoms with Gasteiger partial charge in [-0.2, -0.15) is 5.10 Å². The number of amides is 1. The van der Waals surface area contributed by atoms with Crippen LogP contribution in [0.25, 0.3) is 0 Å². The molecule has 1 N–H and O–H groups in total. The van der Waals surface area contributed by atoms with Crippen LogP contribution < -0.4 is 10.1 Å². The summed E-state index contributed by atoms with van der Waals surface area (Å²) in [6.45, 7) is 5.66. The first-order valence-electron chi connectivity index (χ1n) is 6.99. The zero-order valence-electron chi connectivity index (χ0n) is 12.8. The lowest BCUT2D eigenvalue weighted by Crippen LogP contribution is -2.37. The van der Waals surface area contributed by atoms with Gasteiger partial charge in [0, 0.05) is 18.3 Å². The second-order valence-corrected chi connectivity index (χ2v) is 5.11. The number of hydrogen-bond acceptors (Lipinski definition) is 3. The highest BCUT2D eigenvalue weighted by atomic mass is 16.5. The van der Waals surface area contributed by atoms with Crippen molar-refractivity contribution in [1.82, 2.24) is 15.1 Å². The van der Waals surface area contributed by atoms with E-state index >= 15 is 0 Å². The molecule has 2 rings (SSSR count). The van der Waals surface area contributed by atoms with Gasteiger partial charge in [0.1, 0.15) is 5.75 Å². The number of hydrogen-bond donors (Lipinski definition) is 1. The van der Waals surface area contributed by atoms with Crippen LogP contribution in [0.1, 0.15) is 31.1 Å². The van der Waals surface area contributed by atoms with Gasteiger partial charge in [0.2, 0.25) is 0 Å². The molecule has 1 amide bonds. The first kappa shape index (κ1) is 15.1. The maximum absolute atomic E-state index is 12.2. The van der Waals surface area contributed by atoms with Crippen molar-refractivity contribution in [1.29, 1.82) is 0 Å². The molecule has 0 aliphatic rings. The third-order valence-electron chi connectivity index (χ3n) is 3.52. The summed E-state index contributed by atoms with van der Waals surface area (Å²) < 4.78 is 7.41. The Morgan fingerprint density at radius 2 is 1.95 bits per heavy atom. The van der Waals surface area contributed by atoms with Crippen molar-refractivity contribution in [3.8, 4) is 5.75 Å². The number of aryl methyl sites for hydroxylation is 1. The summed E-state index contributed by atoms with van der Waals surface area (Å²) in [6, 6.07) is 9.22. The number of nitrogens with zero attached hydrogens (tertiary/aromatic N) is 2. The van der Waals surface area contributed by atoms with E-state index < -0.39 is 6.10 Å². The van der Waals surface area contributed by atoms with Crippen LogP contribution in [0.5, 0.6) is 5.75 Å². The minimum Gasteiger partial charge on any atom is -0.481 e. The molecule has 5 heteroatoms. The Morgan fingerprint density at radius 1 is 1.29 bits per heavy atom. The summed E-state index contributed by atoms with van der Waals surface area (Å²) in [6.07, 6.45) is 1.23. The van der Waals surface area contributed by atoms with E-state index in [-0.39, 0.29) is 11.9 Å². The summed E-state index contributed by atoms with van der Waals surface area (Å²) in [4.78, 5) is 12.2. The molecule has 0 spiro atoms. The van der Waals surface area contributed by atoms with Crippen LogP contribution in [0.3, 0.4) is 0 Å². The van der Waals surface area contributed by atoms with Gasteiger partial charge in [0.15, 0.2) is 6.10 Å². The van der Waals surface area contributed by atoms with Crippen molar-refractivity contribution in [3.05, 3.63) is 47.8 Å². The first-order valence-corrected chi connectivity index (χ1v) is 6.99. The molecule has 0 aliphatic carbocycles. The lowest BCUT2D eigenvalue weighted by atomic mass is 10.1. The summed E-state index contributed by atoms with van der Waals surface area (Å²) in [5.41, 5.74) is 2.05. The monoisotopic (exact) mass is 287 g/mol. The molecule has 0 radical (unpaired) electrons. The van der Waals surface area contributed by atoms with Gasteiger partial charge in [-0.15, -0.1) is 0 Å². The Bertz CT molecular complexity index is 607. The van der Waals surface area contributed by atoms with Crippen molar-refractivity contribution in [2.45, 2.75) is 32.9 Å². The van der Waals surface area contributed by atoms with Gasteiger partial charge in [-0.3, -0.25) is 9.48 Å². The van der Waals surface area contributed by atoms with Crippen LogP contribution in [0.15, 0.2) is 36.5 Å². The molecule has 112 valence electrons. The fraction of sp³-hybridized carbons (Fsp3) is 0.375. The summed E-state index contributed by atoms with van der Waals surface area (Å²) in [7, 11) is 1.88. The normalized spacial score (nSPS) is 13.5. The summed E-state index contributed by atoms with van der Waals surface area (Å²) in [5.74, 6) is 0.542. The van der Waals surface area contributed by atoms with Crippen LogP contribution in [0.2, 0.25) is 0 Å². The summed E-state index contributed by atoms with van der Waals surface area (Å²) >= 11 is 0. The molecule has 0 saturated heterocycles. The maximum atomic E-state index is 12.2. The zero-order valence-corrected chi connectivity index (χ0v) is 12.8. The van der Waals surface area contributed by atoms with Crippen molar-refractivity contribution in [3.63, 3.8) is 0 Å². The molecule has 0 aliphatic heterocycles. The van der Waals surface area contributed by atoms with Gasteiger partial charge < -0.3 is 10.1 Å². The van der Waals surface area contributed by atoms with E-state index in [9.17, 15) is 4.79 Å². The quantitative estimate of drug-likeness (QED) is 0.918. The Morgan fingerprint density at radius 3 is 2.52 bits per heavy atom. The van der Waals surface area contributed by atoms with Crippen molar-refractivity contribution in [2.75, 3.05) is 0 Å². The molecule has 0 bridgehead atoms. The van der Waals surface area contributed by atoms with E-state index in [0.29, 0.717) is 5.75 Å². The second-order valence-electron chi connectivity index (χ2n) is 5.11. The highest BCUT2D eigenvalue weighted by molar-refractivity contribution is 5.81. The van der Waals surface area contributed by atoms with E-state index in [4.69, 9.17) is 4.74 Å². The lowest BCUT2D eigenvalue weighted by Gasteiger charge is -2.18. The van der Waals surface area contributed by atoms with Crippen LogP contribution in [0, 0.1) is 6.92 Å². The molecule has 5 nitrogen and oxygen atoms in total. The molecule has 1 aromatic heterocycles. The van der Waals surface area contributed by atoms with Crippen molar-refractivity contribution >= 4 is 5.91 Å². The average Bonchev–Trinajstić information content (AvgIpc) is 2.80. The van der Waals surface area contributed by atoms with Crippen LogP contribution in [0.4, 0.5) is 0 Å². The minimum absolute atomic E-state index is 0.104. The van der Waals surface area contributed by atoms with Crippen molar-refractivity contribution in [2.24, 2.45) is 7.05 Å². The van der Waals surface area contributed by atoms with Crippen molar-refractivity contribution < 1.29 is 9.53 Å². The molecule has 1 aromatic carbocycles. The van der Waals surface area contributed by atoms with E-state index in [1.165, 1.54) is 0 Å². The number of carbonyl (C=O) groups excluding carboxylic acids is 1. The average molecular weight is 287 g/mol. The molecule has 2 atom stereocenters. The molecule has 0 fully saturated rings. The number of aromatic nitrogens is 2. The smallest absolute Gasteiger partial charge is 0.261 e. The Hall–Kier alpha value is -2.30. The van der Waals surface area contributed by atoms with Gasteiger partial charge in [0.05, 0.1) is 12.2 Å². The number of rotatable bonds is 5. The third kappa shape index (κ3) is 3.62. The number of nitrogens with one attached hydrogen (secondary N) is 1. The van der Waals surface area contributed by atoms with E-state index in [1.54, 1.807) is 17.8 Å². The third-order valence-corrected chi connectivity index (χ3v) is 3.52. The Kier molecular flexibility index (Phi) is 4.62. The molecule has 0 saturated carbocycles. The van der Waals surface area contributed by atoms with Gasteiger partial charge in [-0.1, -0.05) is 18.2 Å². The summed E-state index contributed by atoms with van der Waals surface area (Å²) in [5, 5.41) is 7.14. The topological polar surface area (TPSA) is 56.1 Å². The minimum atomic E-state index is -0.549. The molecular weight excluding hydrogens is 266 g/mol. The standard InChI is InChI=1S/C16H21N3O2/c1-11(15-10-17-19(4)12(15)2)18-16(20)13(3)21-14-8-6-5-7-9-14/h5-11,13H,1-4H3,(H,18,20)/t11-,13+/m1/s1. The molecular formula is C16H21N3O2.